The van der Waals surface area contributed by atoms with Gasteiger partial charge in [0.15, 0.2) is 0 Å². The van der Waals surface area contributed by atoms with Crippen LogP contribution in [0.1, 0.15) is 28.8 Å². The zero-order valence-electron chi connectivity index (χ0n) is 11.0. The van der Waals surface area contributed by atoms with E-state index in [1.165, 1.54) is 6.07 Å². The normalized spacial score (nSPS) is 14.2. The molecule has 1 aliphatic carbocycles. The van der Waals surface area contributed by atoms with E-state index in [9.17, 15) is 14.9 Å². The second kappa shape index (κ2) is 5.88. The van der Waals surface area contributed by atoms with Gasteiger partial charge in [-0.3, -0.25) is 14.9 Å². The Morgan fingerprint density at radius 3 is 2.70 bits per heavy atom. The van der Waals surface area contributed by atoms with Crippen LogP contribution in [0, 0.1) is 17.0 Å². The maximum atomic E-state index is 12.4. The predicted molar refractivity (Wildman–Crippen MR) is 76.7 cm³/mol. The number of nitro benzene ring substituents is 1. The third kappa shape index (κ3) is 2.99. The number of nitrogens with zero attached hydrogens (tertiary/aromatic N) is 2. The van der Waals surface area contributed by atoms with Gasteiger partial charge < -0.3 is 10.0 Å². The summed E-state index contributed by atoms with van der Waals surface area (Å²) in [6.45, 7) is 1.77. The molecule has 1 aromatic rings. The van der Waals surface area contributed by atoms with Crippen LogP contribution < -0.4 is 0 Å². The van der Waals surface area contributed by atoms with Gasteiger partial charge in [-0.25, -0.2) is 0 Å². The van der Waals surface area contributed by atoms with Gasteiger partial charge in [0.2, 0.25) is 0 Å². The molecule has 1 amide bonds. The number of aliphatic hydroxyl groups excluding tert-OH is 1. The first-order valence-corrected chi connectivity index (χ1v) is 7.11. The summed E-state index contributed by atoms with van der Waals surface area (Å²) in [4.78, 5) is 24.5. The van der Waals surface area contributed by atoms with E-state index in [0.29, 0.717) is 10.0 Å². The van der Waals surface area contributed by atoms with E-state index in [1.54, 1.807) is 17.9 Å². The van der Waals surface area contributed by atoms with Crippen LogP contribution in [0.25, 0.3) is 0 Å². The Morgan fingerprint density at radius 1 is 1.55 bits per heavy atom. The molecule has 0 heterocycles. The standard InChI is InChI=1S/C13H15BrN2O4/c1-8-11(14)6-9(7-12(8)16(19)20)13(18)15(4-5-17)10-2-3-10/h6-7,10,17H,2-5H2,1H3. The zero-order chi connectivity index (χ0) is 14.9. The second-order valence-corrected chi connectivity index (χ2v) is 5.67. The average molecular weight is 343 g/mol. The highest BCUT2D eigenvalue weighted by Gasteiger charge is 2.33. The summed E-state index contributed by atoms with van der Waals surface area (Å²) < 4.78 is 0.537. The number of hydrogen-bond donors (Lipinski definition) is 1. The van der Waals surface area contributed by atoms with Crippen LogP contribution in [0.5, 0.6) is 0 Å². The van der Waals surface area contributed by atoms with Crippen molar-refractivity contribution in [2.45, 2.75) is 25.8 Å². The summed E-state index contributed by atoms with van der Waals surface area (Å²) in [7, 11) is 0. The minimum absolute atomic E-state index is 0.0810. The quantitative estimate of drug-likeness (QED) is 0.657. The minimum atomic E-state index is -0.496. The molecule has 2 rings (SSSR count). The van der Waals surface area contributed by atoms with E-state index < -0.39 is 4.92 Å². The molecule has 1 fully saturated rings. The SMILES string of the molecule is Cc1c(Br)cc(C(=O)N(CCO)C2CC2)cc1[N+](=O)[O-]. The van der Waals surface area contributed by atoms with Crippen molar-refractivity contribution >= 4 is 27.5 Å². The molecule has 0 aromatic heterocycles. The number of rotatable bonds is 5. The fourth-order valence-corrected chi connectivity index (χ4v) is 2.54. The van der Waals surface area contributed by atoms with Gasteiger partial charge in [-0.1, -0.05) is 15.9 Å². The molecule has 0 aliphatic heterocycles. The van der Waals surface area contributed by atoms with Crippen LogP contribution in [0.3, 0.4) is 0 Å². The Labute approximate surface area is 124 Å². The van der Waals surface area contributed by atoms with Crippen LogP contribution in [0.2, 0.25) is 0 Å². The highest BCUT2D eigenvalue weighted by molar-refractivity contribution is 9.10. The Bertz CT molecular complexity index is 558. The topological polar surface area (TPSA) is 83.7 Å². The minimum Gasteiger partial charge on any atom is -0.395 e. The van der Waals surface area contributed by atoms with Crippen LogP contribution in [0.15, 0.2) is 16.6 Å². The van der Waals surface area contributed by atoms with E-state index in [1.807, 2.05) is 0 Å². The molecule has 7 heteroatoms. The van der Waals surface area contributed by atoms with Gasteiger partial charge in [0.1, 0.15) is 0 Å². The number of amides is 1. The summed E-state index contributed by atoms with van der Waals surface area (Å²) >= 11 is 3.25. The number of carbonyl (C=O) groups excluding carboxylic acids is 1. The van der Waals surface area contributed by atoms with Crippen molar-refractivity contribution < 1.29 is 14.8 Å². The maximum absolute atomic E-state index is 12.4. The van der Waals surface area contributed by atoms with Gasteiger partial charge in [-0.2, -0.15) is 0 Å². The van der Waals surface area contributed by atoms with Crippen LogP contribution in [-0.2, 0) is 0 Å². The maximum Gasteiger partial charge on any atom is 0.274 e. The number of halogens is 1. The zero-order valence-corrected chi connectivity index (χ0v) is 12.6. The molecule has 0 bridgehead atoms. The summed E-state index contributed by atoms with van der Waals surface area (Å²) in [5.41, 5.74) is 0.684. The molecule has 108 valence electrons. The third-order valence-electron chi connectivity index (χ3n) is 3.35. The number of hydrogen-bond acceptors (Lipinski definition) is 4. The molecule has 0 atom stereocenters. The van der Waals surface area contributed by atoms with E-state index in [4.69, 9.17) is 5.11 Å². The Kier molecular flexibility index (Phi) is 4.39. The first kappa shape index (κ1) is 14.9. The molecule has 20 heavy (non-hydrogen) atoms. The number of carbonyl (C=O) groups is 1. The van der Waals surface area contributed by atoms with E-state index in [0.717, 1.165) is 12.8 Å². The van der Waals surface area contributed by atoms with Crippen LogP contribution >= 0.6 is 15.9 Å². The Hall–Kier alpha value is -1.47. The first-order chi connectivity index (χ1) is 9.45. The van der Waals surface area contributed by atoms with Gasteiger partial charge in [0.25, 0.3) is 11.6 Å². The summed E-state index contributed by atoms with van der Waals surface area (Å²) in [5.74, 6) is -0.273. The molecule has 1 aromatic carbocycles. The van der Waals surface area contributed by atoms with Crippen molar-refractivity contribution in [1.82, 2.24) is 4.90 Å². The molecule has 1 aliphatic rings. The average Bonchev–Trinajstić information content (AvgIpc) is 3.22. The van der Waals surface area contributed by atoms with Gasteiger partial charge in [-0.15, -0.1) is 0 Å². The lowest BCUT2D eigenvalue weighted by Gasteiger charge is -2.21. The van der Waals surface area contributed by atoms with Crippen LogP contribution in [0.4, 0.5) is 5.69 Å². The lowest BCUT2D eigenvalue weighted by Crippen LogP contribution is -2.35. The van der Waals surface area contributed by atoms with Gasteiger partial charge in [0.05, 0.1) is 11.5 Å². The van der Waals surface area contributed by atoms with Gasteiger partial charge in [-0.05, 0) is 25.8 Å². The van der Waals surface area contributed by atoms with Crippen LogP contribution in [-0.4, -0.2) is 40.0 Å². The van der Waals surface area contributed by atoms with Crippen molar-refractivity contribution in [1.29, 1.82) is 0 Å². The van der Waals surface area contributed by atoms with Crippen molar-refractivity contribution in [3.05, 3.63) is 37.8 Å². The molecular formula is C13H15BrN2O4. The Balaban J connectivity index is 2.36. The van der Waals surface area contributed by atoms with E-state index in [-0.39, 0.29) is 36.4 Å². The number of benzene rings is 1. The molecule has 0 saturated heterocycles. The van der Waals surface area contributed by atoms with E-state index >= 15 is 0 Å². The highest BCUT2D eigenvalue weighted by atomic mass is 79.9. The van der Waals surface area contributed by atoms with Crippen molar-refractivity contribution in [2.75, 3.05) is 13.2 Å². The van der Waals surface area contributed by atoms with Crippen molar-refractivity contribution in [3.63, 3.8) is 0 Å². The summed E-state index contributed by atoms with van der Waals surface area (Å²) in [5, 5.41) is 20.0. The monoisotopic (exact) mass is 342 g/mol. The third-order valence-corrected chi connectivity index (χ3v) is 4.17. The molecule has 1 N–H and O–H groups in total. The lowest BCUT2D eigenvalue weighted by atomic mass is 10.1. The fourth-order valence-electron chi connectivity index (χ4n) is 2.09. The largest absolute Gasteiger partial charge is 0.395 e. The number of aliphatic hydroxyl groups is 1. The molecule has 0 radical (unpaired) electrons. The summed E-state index contributed by atoms with van der Waals surface area (Å²) in [6, 6.07) is 3.04. The second-order valence-electron chi connectivity index (χ2n) is 4.81. The Morgan fingerprint density at radius 2 is 2.20 bits per heavy atom. The first-order valence-electron chi connectivity index (χ1n) is 6.32. The molecule has 0 unspecified atom stereocenters. The lowest BCUT2D eigenvalue weighted by molar-refractivity contribution is -0.385. The predicted octanol–water partition coefficient (Wildman–Crippen LogP) is 2.26. The van der Waals surface area contributed by atoms with Gasteiger partial charge >= 0.3 is 0 Å². The van der Waals surface area contributed by atoms with Crippen molar-refractivity contribution in [3.8, 4) is 0 Å². The molecular weight excluding hydrogens is 328 g/mol. The summed E-state index contributed by atoms with van der Waals surface area (Å²) in [6.07, 6.45) is 1.84. The molecule has 1 saturated carbocycles. The number of nitro groups is 1. The fraction of sp³-hybridized carbons (Fsp3) is 0.462. The molecule has 0 spiro atoms. The van der Waals surface area contributed by atoms with E-state index in [2.05, 4.69) is 15.9 Å². The van der Waals surface area contributed by atoms with Crippen molar-refractivity contribution in [2.24, 2.45) is 0 Å². The molecule has 6 nitrogen and oxygen atoms in total. The smallest absolute Gasteiger partial charge is 0.274 e. The van der Waals surface area contributed by atoms with Gasteiger partial charge in [0, 0.05) is 34.3 Å². The highest BCUT2D eigenvalue weighted by Crippen LogP contribution is 2.31.